The van der Waals surface area contributed by atoms with E-state index in [2.05, 4.69) is 25.1 Å². The summed E-state index contributed by atoms with van der Waals surface area (Å²) < 4.78 is 35.0. The first-order valence-electron chi connectivity index (χ1n) is 11.3. The molecule has 2 aromatic heterocycles. The Kier molecular flexibility index (Phi) is 6.15. The van der Waals surface area contributed by atoms with Crippen LogP contribution in [0.5, 0.6) is 6.01 Å². The van der Waals surface area contributed by atoms with Crippen LogP contribution in [0.4, 0.5) is 5.95 Å². The Labute approximate surface area is 192 Å². The molecular weight excluding hydrogens is 444 g/mol. The lowest BCUT2D eigenvalue weighted by Crippen LogP contribution is -2.37. The molecule has 1 aliphatic heterocycles. The smallest absolute Gasteiger partial charge is 0.322 e. The second-order valence-corrected chi connectivity index (χ2v) is 11.0. The summed E-state index contributed by atoms with van der Waals surface area (Å²) in [5, 5.41) is 8.07. The van der Waals surface area contributed by atoms with Gasteiger partial charge in [-0.3, -0.25) is 5.10 Å². The van der Waals surface area contributed by atoms with E-state index in [4.69, 9.17) is 14.5 Å². The van der Waals surface area contributed by atoms with Crippen LogP contribution >= 0.6 is 0 Å². The third-order valence-corrected chi connectivity index (χ3v) is 7.30. The first kappa shape index (κ1) is 22.0. The van der Waals surface area contributed by atoms with Gasteiger partial charge in [0, 0.05) is 30.3 Å². The highest BCUT2D eigenvalue weighted by molar-refractivity contribution is 7.90. The van der Waals surface area contributed by atoms with Gasteiger partial charge in [0.1, 0.15) is 15.9 Å². The van der Waals surface area contributed by atoms with E-state index in [1.807, 2.05) is 18.2 Å². The van der Waals surface area contributed by atoms with Gasteiger partial charge in [-0.1, -0.05) is 12.1 Å². The zero-order valence-corrected chi connectivity index (χ0v) is 19.4. The molecule has 3 heterocycles. The lowest BCUT2D eigenvalue weighted by Gasteiger charge is -2.29. The maximum absolute atomic E-state index is 11.6. The summed E-state index contributed by atoms with van der Waals surface area (Å²) in [4.78, 5) is 16.1. The average molecular weight is 473 g/mol. The van der Waals surface area contributed by atoms with Crippen LogP contribution in [-0.2, 0) is 14.6 Å². The molecule has 2 aliphatic rings. The molecule has 0 amide bonds. The number of aromatic amines is 1. The van der Waals surface area contributed by atoms with E-state index in [1.165, 1.54) is 6.26 Å². The maximum atomic E-state index is 11.6. The zero-order valence-electron chi connectivity index (χ0n) is 18.6. The summed E-state index contributed by atoms with van der Waals surface area (Å²) in [6.07, 6.45) is 6.23. The molecule has 11 heteroatoms. The Balaban J connectivity index is 1.41. The lowest BCUT2D eigenvalue weighted by molar-refractivity contribution is 0.119. The molecule has 5 rings (SSSR count). The Morgan fingerprint density at radius 3 is 2.67 bits per heavy atom. The fourth-order valence-electron chi connectivity index (χ4n) is 4.58. The van der Waals surface area contributed by atoms with Gasteiger partial charge in [0.2, 0.25) is 5.95 Å². The van der Waals surface area contributed by atoms with Crippen molar-refractivity contribution in [2.45, 2.75) is 31.8 Å². The number of nitrogens with one attached hydrogen (secondary N) is 1. The van der Waals surface area contributed by atoms with Gasteiger partial charge < -0.3 is 14.4 Å². The van der Waals surface area contributed by atoms with Crippen LogP contribution in [0.25, 0.3) is 22.3 Å². The topological polar surface area (TPSA) is 123 Å². The predicted molar refractivity (Wildman–Crippen MR) is 124 cm³/mol. The van der Waals surface area contributed by atoms with E-state index in [9.17, 15) is 8.42 Å². The van der Waals surface area contributed by atoms with Crippen LogP contribution in [0, 0.1) is 5.92 Å². The monoisotopic (exact) mass is 472 g/mol. The molecule has 0 spiro atoms. The summed E-state index contributed by atoms with van der Waals surface area (Å²) in [6, 6.07) is 6.17. The van der Waals surface area contributed by atoms with Crippen molar-refractivity contribution in [1.29, 1.82) is 0 Å². The summed E-state index contributed by atoms with van der Waals surface area (Å²) in [5.74, 6) is 1.55. The van der Waals surface area contributed by atoms with Gasteiger partial charge in [0.05, 0.1) is 30.7 Å². The molecule has 176 valence electrons. The van der Waals surface area contributed by atoms with E-state index in [0.29, 0.717) is 44.1 Å². The number of fused-ring (bicyclic) bond motifs is 1. The minimum atomic E-state index is -2.96. The predicted octanol–water partition coefficient (Wildman–Crippen LogP) is 2.23. The van der Waals surface area contributed by atoms with Crippen molar-refractivity contribution in [3.63, 3.8) is 0 Å². The average Bonchev–Trinajstić information content (AvgIpc) is 3.29. The molecule has 1 saturated carbocycles. The van der Waals surface area contributed by atoms with Crippen molar-refractivity contribution < 1.29 is 17.9 Å². The van der Waals surface area contributed by atoms with E-state index in [0.717, 1.165) is 42.1 Å². The van der Waals surface area contributed by atoms with Crippen molar-refractivity contribution in [1.82, 2.24) is 25.1 Å². The SMILES string of the molecule is CS(=O)(=O)CC1CCC(Oc2nc(-c3cccc4[nH]ncc34)nc(N3CCOCC3)n2)CC1. The molecule has 1 aliphatic carbocycles. The summed E-state index contributed by atoms with van der Waals surface area (Å²) >= 11 is 0. The van der Waals surface area contributed by atoms with Crippen molar-refractivity contribution in [2.75, 3.05) is 43.2 Å². The van der Waals surface area contributed by atoms with Crippen LogP contribution in [0.15, 0.2) is 24.4 Å². The van der Waals surface area contributed by atoms with Gasteiger partial charge in [0.25, 0.3) is 0 Å². The molecular formula is C22H28N6O4S. The molecule has 1 aromatic carbocycles. The highest BCUT2D eigenvalue weighted by Gasteiger charge is 2.27. The van der Waals surface area contributed by atoms with Gasteiger partial charge >= 0.3 is 6.01 Å². The maximum Gasteiger partial charge on any atom is 0.322 e. The number of nitrogens with zero attached hydrogens (tertiary/aromatic N) is 5. The number of benzene rings is 1. The summed E-state index contributed by atoms with van der Waals surface area (Å²) in [7, 11) is -2.96. The molecule has 33 heavy (non-hydrogen) atoms. The Bertz CT molecular complexity index is 1220. The van der Waals surface area contributed by atoms with Crippen LogP contribution in [0.3, 0.4) is 0 Å². The quantitative estimate of drug-likeness (QED) is 0.575. The first-order valence-corrected chi connectivity index (χ1v) is 13.4. The summed E-state index contributed by atoms with van der Waals surface area (Å²) in [6.45, 7) is 2.66. The lowest BCUT2D eigenvalue weighted by atomic mass is 9.89. The minimum Gasteiger partial charge on any atom is -0.460 e. The van der Waals surface area contributed by atoms with Crippen LogP contribution in [0.1, 0.15) is 25.7 Å². The molecule has 0 atom stereocenters. The number of ether oxygens (including phenoxy) is 2. The number of hydrogen-bond acceptors (Lipinski definition) is 9. The van der Waals surface area contributed by atoms with Gasteiger partial charge in [-0.2, -0.15) is 20.1 Å². The van der Waals surface area contributed by atoms with Crippen LogP contribution in [0.2, 0.25) is 0 Å². The van der Waals surface area contributed by atoms with Crippen LogP contribution in [-0.4, -0.2) is 78.0 Å². The molecule has 1 N–H and O–H groups in total. The number of H-pyrrole nitrogens is 1. The number of aromatic nitrogens is 5. The fourth-order valence-corrected chi connectivity index (χ4v) is 5.77. The minimum absolute atomic E-state index is 0.0432. The molecule has 3 aromatic rings. The normalized spacial score (nSPS) is 21.9. The van der Waals surface area contributed by atoms with Crippen molar-refractivity contribution in [3.05, 3.63) is 24.4 Å². The van der Waals surface area contributed by atoms with E-state index >= 15 is 0 Å². The summed E-state index contributed by atoms with van der Waals surface area (Å²) in [5.41, 5.74) is 1.77. The standard InChI is InChI=1S/C22H28N6O4S/c1-33(29,30)14-15-5-7-16(8-6-15)32-22-25-20(17-3-2-4-19-18(17)13-23-27-19)24-21(26-22)28-9-11-31-12-10-28/h2-4,13,15-16H,5-12,14H2,1H3,(H,23,27). The largest absolute Gasteiger partial charge is 0.460 e. The van der Waals surface area contributed by atoms with Gasteiger partial charge in [0.15, 0.2) is 5.82 Å². The third kappa shape index (κ3) is 5.25. The Hall–Kier alpha value is -2.79. The Morgan fingerprint density at radius 1 is 1.12 bits per heavy atom. The molecule has 0 unspecified atom stereocenters. The molecule has 0 radical (unpaired) electrons. The number of rotatable bonds is 6. The highest BCUT2D eigenvalue weighted by Crippen LogP contribution is 2.30. The number of anilines is 1. The fraction of sp³-hybridized carbons (Fsp3) is 0.545. The van der Waals surface area contributed by atoms with Gasteiger partial charge in [-0.15, -0.1) is 0 Å². The van der Waals surface area contributed by atoms with Gasteiger partial charge in [-0.05, 0) is 37.7 Å². The highest BCUT2D eigenvalue weighted by atomic mass is 32.2. The second-order valence-electron chi connectivity index (χ2n) is 8.83. The van der Waals surface area contributed by atoms with Gasteiger partial charge in [-0.25, -0.2) is 8.42 Å². The van der Waals surface area contributed by atoms with E-state index in [-0.39, 0.29) is 17.8 Å². The zero-order chi connectivity index (χ0) is 22.8. The number of hydrogen-bond donors (Lipinski definition) is 1. The second kappa shape index (κ2) is 9.22. The molecule has 2 fully saturated rings. The van der Waals surface area contributed by atoms with Crippen molar-refractivity contribution >= 4 is 26.7 Å². The molecule has 0 bridgehead atoms. The van der Waals surface area contributed by atoms with E-state index in [1.54, 1.807) is 6.20 Å². The first-order chi connectivity index (χ1) is 15.9. The molecule has 10 nitrogen and oxygen atoms in total. The third-order valence-electron chi connectivity index (χ3n) is 6.23. The number of morpholine rings is 1. The van der Waals surface area contributed by atoms with E-state index < -0.39 is 9.84 Å². The number of sulfone groups is 1. The molecule has 1 saturated heterocycles. The Morgan fingerprint density at radius 2 is 1.91 bits per heavy atom. The van der Waals surface area contributed by atoms with Crippen molar-refractivity contribution in [3.8, 4) is 17.4 Å². The van der Waals surface area contributed by atoms with Crippen LogP contribution < -0.4 is 9.64 Å². The van der Waals surface area contributed by atoms with Crippen molar-refractivity contribution in [2.24, 2.45) is 5.92 Å².